The zero-order chi connectivity index (χ0) is 29.6. The summed E-state index contributed by atoms with van der Waals surface area (Å²) in [6.07, 6.45) is 1.66. The van der Waals surface area contributed by atoms with Gasteiger partial charge < -0.3 is 30.3 Å². The standard InChI is InChI=1S/C31H39N5O6/c1-20(37)33-23-9-7-22(8-10-23)18-35-14-15-36-27(19-35)30(39)32-17-29-26(34-21(2)38)12-11-24(42-29)13-16-41-28-6-4-3-5-25(28)31(36)40/h3-10,24,26-27,29H,11-19H2,1-2H3,(H,32,39)(H,33,37)(H,34,38)/t24-,26+,27-,29+/m0/s1. The van der Waals surface area contributed by atoms with Gasteiger partial charge in [-0.25, -0.2) is 0 Å². The minimum Gasteiger partial charge on any atom is -0.493 e. The Labute approximate surface area is 245 Å². The van der Waals surface area contributed by atoms with E-state index in [1.54, 1.807) is 23.1 Å². The zero-order valence-corrected chi connectivity index (χ0v) is 24.1. The highest BCUT2D eigenvalue weighted by atomic mass is 16.5. The molecule has 3 aliphatic heterocycles. The molecule has 2 aromatic carbocycles. The molecule has 3 N–H and O–H groups in total. The van der Waals surface area contributed by atoms with E-state index < -0.39 is 12.1 Å². The third kappa shape index (κ3) is 7.27. The van der Waals surface area contributed by atoms with Gasteiger partial charge in [0.1, 0.15) is 11.8 Å². The topological polar surface area (TPSA) is 129 Å². The van der Waals surface area contributed by atoms with Crippen LogP contribution in [0.2, 0.25) is 0 Å². The second kappa shape index (κ2) is 13.3. The molecule has 3 aliphatic rings. The van der Waals surface area contributed by atoms with Crippen LogP contribution in [0.25, 0.3) is 0 Å². The molecular weight excluding hydrogens is 538 g/mol. The van der Waals surface area contributed by atoms with Gasteiger partial charge >= 0.3 is 0 Å². The van der Waals surface area contributed by atoms with E-state index in [0.717, 1.165) is 24.1 Å². The van der Waals surface area contributed by atoms with Gasteiger partial charge in [0.2, 0.25) is 17.7 Å². The maximum absolute atomic E-state index is 13.9. The van der Waals surface area contributed by atoms with Crippen molar-refractivity contribution in [3.05, 3.63) is 59.7 Å². The fraction of sp³-hybridized carbons (Fsp3) is 0.484. The largest absolute Gasteiger partial charge is 0.493 e. The first-order chi connectivity index (χ1) is 20.3. The van der Waals surface area contributed by atoms with E-state index in [4.69, 9.17) is 9.47 Å². The van der Waals surface area contributed by atoms with Crippen molar-refractivity contribution in [2.75, 3.05) is 38.1 Å². The van der Waals surface area contributed by atoms with Gasteiger partial charge in [0.25, 0.3) is 5.91 Å². The SMILES string of the molecule is CC(=O)Nc1ccc(CN2CCN3C(=O)c4ccccc4OCC[C@@H]4CC[C@@H](NC(C)=O)[C@@H](CNC(=O)[C@@H]3C2)O4)cc1. The predicted octanol–water partition coefficient (Wildman–Crippen LogP) is 1.92. The van der Waals surface area contributed by atoms with E-state index in [1.165, 1.54) is 13.8 Å². The molecule has 0 aliphatic carbocycles. The minimum absolute atomic E-state index is 0.0820. The molecule has 42 heavy (non-hydrogen) atoms. The first kappa shape index (κ1) is 29.5. The number of hydrogen-bond acceptors (Lipinski definition) is 7. The molecule has 0 radical (unpaired) electrons. The number of fused-ring (bicyclic) bond motifs is 4. The van der Waals surface area contributed by atoms with Crippen LogP contribution < -0.4 is 20.7 Å². The summed E-state index contributed by atoms with van der Waals surface area (Å²) in [5, 5.41) is 8.78. The van der Waals surface area contributed by atoms with Crippen molar-refractivity contribution in [2.45, 2.75) is 63.9 Å². The van der Waals surface area contributed by atoms with Gasteiger partial charge in [-0.15, -0.1) is 0 Å². The van der Waals surface area contributed by atoms with E-state index in [2.05, 4.69) is 20.9 Å². The van der Waals surface area contributed by atoms with Gasteiger partial charge in [-0.05, 0) is 42.7 Å². The maximum Gasteiger partial charge on any atom is 0.258 e. The van der Waals surface area contributed by atoms with Gasteiger partial charge in [-0.3, -0.25) is 24.1 Å². The average molecular weight is 578 g/mol. The van der Waals surface area contributed by atoms with Crippen LogP contribution in [-0.2, 0) is 25.7 Å². The summed E-state index contributed by atoms with van der Waals surface area (Å²) < 4.78 is 12.4. The van der Waals surface area contributed by atoms with Crippen LogP contribution in [0, 0.1) is 0 Å². The Morgan fingerprint density at radius 2 is 1.76 bits per heavy atom. The molecule has 0 unspecified atom stereocenters. The van der Waals surface area contributed by atoms with Gasteiger partial charge in [0.15, 0.2) is 0 Å². The molecule has 4 amide bonds. The smallest absolute Gasteiger partial charge is 0.258 e. The van der Waals surface area contributed by atoms with Crippen LogP contribution >= 0.6 is 0 Å². The normalized spacial score (nSPS) is 25.1. The molecule has 0 saturated carbocycles. The lowest BCUT2D eigenvalue weighted by Gasteiger charge is -2.42. The number of ether oxygens (including phenoxy) is 2. The number of carbonyl (C=O) groups excluding carboxylic acids is 4. The Bertz CT molecular complexity index is 1300. The number of anilines is 1. The van der Waals surface area contributed by atoms with E-state index >= 15 is 0 Å². The molecule has 11 nitrogen and oxygen atoms in total. The number of para-hydroxylation sites is 1. The monoisotopic (exact) mass is 577 g/mol. The number of rotatable bonds is 4. The first-order valence-corrected chi connectivity index (χ1v) is 14.6. The van der Waals surface area contributed by atoms with Crippen molar-refractivity contribution < 1.29 is 28.7 Å². The molecule has 3 heterocycles. The lowest BCUT2D eigenvalue weighted by atomic mass is 9.96. The molecule has 2 bridgehead atoms. The molecule has 2 aromatic rings. The van der Waals surface area contributed by atoms with Crippen molar-refractivity contribution in [2.24, 2.45) is 0 Å². The van der Waals surface area contributed by atoms with Gasteiger partial charge in [-0.1, -0.05) is 24.3 Å². The molecule has 5 rings (SSSR count). The minimum atomic E-state index is -0.737. The third-order valence-corrected chi connectivity index (χ3v) is 8.01. The Morgan fingerprint density at radius 3 is 2.52 bits per heavy atom. The first-order valence-electron chi connectivity index (χ1n) is 14.6. The van der Waals surface area contributed by atoms with Crippen molar-refractivity contribution >= 4 is 29.3 Å². The van der Waals surface area contributed by atoms with Gasteiger partial charge in [0.05, 0.1) is 30.4 Å². The van der Waals surface area contributed by atoms with E-state index in [0.29, 0.717) is 50.5 Å². The highest BCUT2D eigenvalue weighted by Gasteiger charge is 2.38. The third-order valence-electron chi connectivity index (χ3n) is 8.01. The molecular formula is C31H39N5O6. The number of benzene rings is 2. The fourth-order valence-electron chi connectivity index (χ4n) is 5.94. The number of nitrogens with zero attached hydrogens (tertiary/aromatic N) is 2. The van der Waals surface area contributed by atoms with Gasteiger partial charge in [-0.2, -0.15) is 0 Å². The van der Waals surface area contributed by atoms with Crippen LogP contribution in [-0.4, -0.2) is 90.5 Å². The molecule has 11 heteroatoms. The molecule has 2 saturated heterocycles. The number of hydrogen-bond donors (Lipinski definition) is 3. The summed E-state index contributed by atoms with van der Waals surface area (Å²) in [4.78, 5) is 54.6. The lowest BCUT2D eigenvalue weighted by molar-refractivity contribution is -0.131. The maximum atomic E-state index is 13.9. The van der Waals surface area contributed by atoms with Gasteiger partial charge in [0, 0.05) is 58.7 Å². The molecule has 0 spiro atoms. The zero-order valence-electron chi connectivity index (χ0n) is 24.1. The van der Waals surface area contributed by atoms with Crippen LogP contribution in [0.3, 0.4) is 0 Å². The Morgan fingerprint density at radius 1 is 0.976 bits per heavy atom. The summed E-state index contributed by atoms with van der Waals surface area (Å²) in [5.74, 6) is -0.291. The fourth-order valence-corrected chi connectivity index (χ4v) is 5.94. The second-order valence-corrected chi connectivity index (χ2v) is 11.2. The van der Waals surface area contributed by atoms with Crippen LogP contribution in [0.5, 0.6) is 5.75 Å². The summed E-state index contributed by atoms with van der Waals surface area (Å²) >= 11 is 0. The second-order valence-electron chi connectivity index (χ2n) is 11.2. The summed E-state index contributed by atoms with van der Waals surface area (Å²) in [5.41, 5.74) is 2.18. The van der Waals surface area contributed by atoms with Crippen molar-refractivity contribution in [3.8, 4) is 5.75 Å². The summed E-state index contributed by atoms with van der Waals surface area (Å²) in [7, 11) is 0. The highest BCUT2D eigenvalue weighted by Crippen LogP contribution is 2.26. The van der Waals surface area contributed by atoms with E-state index in [-0.39, 0.29) is 42.3 Å². The van der Waals surface area contributed by atoms with Crippen molar-refractivity contribution in [1.29, 1.82) is 0 Å². The van der Waals surface area contributed by atoms with Crippen LogP contribution in [0.4, 0.5) is 5.69 Å². The highest BCUT2D eigenvalue weighted by molar-refractivity contribution is 6.00. The molecule has 2 fully saturated rings. The Balaban J connectivity index is 1.37. The molecule has 224 valence electrons. The number of piperazine rings is 1. The number of carbonyl (C=O) groups is 4. The predicted molar refractivity (Wildman–Crippen MR) is 156 cm³/mol. The average Bonchev–Trinajstić information content (AvgIpc) is 2.97. The summed E-state index contributed by atoms with van der Waals surface area (Å²) in [6, 6.07) is 13.8. The number of amides is 4. The number of nitrogens with one attached hydrogen (secondary N) is 3. The molecule has 0 aromatic heterocycles. The van der Waals surface area contributed by atoms with Crippen LogP contribution in [0.1, 0.15) is 49.0 Å². The Hall–Kier alpha value is -3.96. The quantitative estimate of drug-likeness (QED) is 0.507. The van der Waals surface area contributed by atoms with Crippen LogP contribution in [0.15, 0.2) is 48.5 Å². The summed E-state index contributed by atoms with van der Waals surface area (Å²) in [6.45, 7) is 5.44. The van der Waals surface area contributed by atoms with E-state index in [9.17, 15) is 19.2 Å². The van der Waals surface area contributed by atoms with Crippen molar-refractivity contribution in [1.82, 2.24) is 20.4 Å². The molecule has 4 atom stereocenters. The lowest BCUT2D eigenvalue weighted by Crippen LogP contribution is -2.61. The van der Waals surface area contributed by atoms with E-state index in [1.807, 2.05) is 30.3 Å². The Kier molecular flexibility index (Phi) is 9.38. The van der Waals surface area contributed by atoms with Crippen molar-refractivity contribution in [3.63, 3.8) is 0 Å².